The Labute approximate surface area is 141 Å². The normalized spacial score (nSPS) is 11.8. The molecule has 130 valence electrons. The minimum Gasteiger partial charge on any atom is -0.497 e. The van der Waals surface area contributed by atoms with E-state index in [0.29, 0.717) is 24.7 Å². The number of nitrogens with zero attached hydrogens (tertiary/aromatic N) is 2. The number of rotatable bonds is 9. The van der Waals surface area contributed by atoms with Gasteiger partial charge in [0.15, 0.2) is 0 Å². The van der Waals surface area contributed by atoms with Crippen molar-refractivity contribution >= 4 is 5.91 Å². The third kappa shape index (κ3) is 4.48. The molecular formula is C17H23N3O4. The first-order chi connectivity index (χ1) is 11.7. The van der Waals surface area contributed by atoms with E-state index in [9.17, 15) is 4.79 Å². The summed E-state index contributed by atoms with van der Waals surface area (Å²) in [5.41, 5.74) is 0.858. The quantitative estimate of drug-likeness (QED) is 0.706. The zero-order valence-electron chi connectivity index (χ0n) is 14.2. The zero-order chi connectivity index (χ0) is 17.4. The van der Waals surface area contributed by atoms with Crippen LogP contribution in [0.15, 0.2) is 36.9 Å². The molecule has 0 radical (unpaired) electrons. The maximum Gasteiger partial charge on any atom is 0.222 e. The van der Waals surface area contributed by atoms with Gasteiger partial charge in [0.2, 0.25) is 5.91 Å². The van der Waals surface area contributed by atoms with Gasteiger partial charge >= 0.3 is 0 Å². The largest absolute Gasteiger partial charge is 0.497 e. The molecule has 1 aromatic carbocycles. The van der Waals surface area contributed by atoms with Gasteiger partial charge in [-0.15, -0.1) is 0 Å². The maximum atomic E-state index is 12.3. The molecule has 0 aliphatic heterocycles. The number of methoxy groups -OCH3 is 3. The molecule has 2 aromatic rings. The van der Waals surface area contributed by atoms with Crippen LogP contribution in [0.3, 0.4) is 0 Å². The van der Waals surface area contributed by atoms with Gasteiger partial charge in [-0.1, -0.05) is 0 Å². The van der Waals surface area contributed by atoms with E-state index in [-0.39, 0.29) is 18.4 Å². The number of hydrogen-bond donors (Lipinski definition) is 1. The van der Waals surface area contributed by atoms with Crippen molar-refractivity contribution in [3.63, 3.8) is 0 Å². The molecule has 0 saturated carbocycles. The Morgan fingerprint density at radius 1 is 1.29 bits per heavy atom. The SMILES string of the molecule is COCCNC(=O)C[C@H](c1cc(OC)ccc1OC)n1ccnc1. The minimum atomic E-state index is -0.250. The van der Waals surface area contributed by atoms with E-state index in [1.807, 2.05) is 29.0 Å². The second kappa shape index (κ2) is 8.93. The van der Waals surface area contributed by atoms with Gasteiger partial charge in [0.1, 0.15) is 11.5 Å². The van der Waals surface area contributed by atoms with Crippen LogP contribution in [-0.2, 0) is 9.53 Å². The van der Waals surface area contributed by atoms with Crippen LogP contribution in [-0.4, -0.2) is 49.9 Å². The zero-order valence-corrected chi connectivity index (χ0v) is 14.2. The third-order valence-electron chi connectivity index (χ3n) is 3.69. The van der Waals surface area contributed by atoms with E-state index >= 15 is 0 Å². The number of benzene rings is 1. The van der Waals surface area contributed by atoms with Crippen LogP contribution in [0.2, 0.25) is 0 Å². The van der Waals surface area contributed by atoms with Gasteiger partial charge in [0.05, 0.1) is 39.6 Å². The van der Waals surface area contributed by atoms with Gasteiger partial charge in [-0.25, -0.2) is 4.98 Å². The Bertz CT molecular complexity index is 643. The summed E-state index contributed by atoms with van der Waals surface area (Å²) in [4.78, 5) is 16.4. The summed E-state index contributed by atoms with van der Waals surface area (Å²) in [6, 6.07) is 5.29. The number of nitrogens with one attached hydrogen (secondary N) is 1. The van der Waals surface area contributed by atoms with Crippen molar-refractivity contribution in [1.82, 2.24) is 14.9 Å². The lowest BCUT2D eigenvalue weighted by molar-refractivity contribution is -0.121. The van der Waals surface area contributed by atoms with Gasteiger partial charge in [-0.2, -0.15) is 0 Å². The summed E-state index contributed by atoms with van der Waals surface area (Å²) in [7, 11) is 4.81. The highest BCUT2D eigenvalue weighted by atomic mass is 16.5. The molecule has 1 amide bonds. The van der Waals surface area contributed by atoms with Gasteiger partial charge in [-0.3, -0.25) is 4.79 Å². The summed E-state index contributed by atoms with van der Waals surface area (Å²) in [5.74, 6) is 1.32. The Kier molecular flexibility index (Phi) is 6.62. The van der Waals surface area contributed by atoms with E-state index in [1.54, 1.807) is 33.9 Å². The summed E-state index contributed by atoms with van der Waals surface area (Å²) in [6.07, 6.45) is 5.45. The molecule has 2 rings (SSSR count). The van der Waals surface area contributed by atoms with Crippen LogP contribution in [0.5, 0.6) is 11.5 Å². The van der Waals surface area contributed by atoms with Crippen molar-refractivity contribution in [2.75, 3.05) is 34.5 Å². The van der Waals surface area contributed by atoms with E-state index < -0.39 is 0 Å². The first-order valence-electron chi connectivity index (χ1n) is 7.64. The highest BCUT2D eigenvalue weighted by molar-refractivity contribution is 5.77. The monoisotopic (exact) mass is 333 g/mol. The van der Waals surface area contributed by atoms with Crippen LogP contribution in [0.1, 0.15) is 18.0 Å². The molecule has 7 nitrogen and oxygen atoms in total. The van der Waals surface area contributed by atoms with Crippen LogP contribution in [0.4, 0.5) is 0 Å². The summed E-state index contributed by atoms with van der Waals surface area (Å²) >= 11 is 0. The Hall–Kier alpha value is -2.54. The lowest BCUT2D eigenvalue weighted by Gasteiger charge is -2.21. The number of ether oxygens (including phenoxy) is 3. The van der Waals surface area contributed by atoms with Crippen molar-refractivity contribution < 1.29 is 19.0 Å². The van der Waals surface area contributed by atoms with Gasteiger partial charge < -0.3 is 24.1 Å². The lowest BCUT2D eigenvalue weighted by Crippen LogP contribution is -2.29. The fraction of sp³-hybridized carbons (Fsp3) is 0.412. The topological polar surface area (TPSA) is 74.6 Å². The molecule has 1 heterocycles. The van der Waals surface area contributed by atoms with Crippen molar-refractivity contribution in [2.45, 2.75) is 12.5 Å². The predicted octanol–water partition coefficient (Wildman–Crippen LogP) is 1.64. The van der Waals surface area contributed by atoms with Crippen LogP contribution >= 0.6 is 0 Å². The standard InChI is InChI=1S/C17H23N3O4/c1-22-9-7-19-17(21)11-15(20-8-6-18-12-20)14-10-13(23-2)4-5-16(14)24-3/h4-6,8,10,12,15H,7,9,11H2,1-3H3,(H,19,21)/t15-/m1/s1. The number of carbonyl (C=O) groups is 1. The highest BCUT2D eigenvalue weighted by Crippen LogP contribution is 2.33. The molecule has 0 fully saturated rings. The fourth-order valence-electron chi connectivity index (χ4n) is 2.47. The van der Waals surface area contributed by atoms with E-state index in [2.05, 4.69) is 10.3 Å². The predicted molar refractivity (Wildman–Crippen MR) is 89.4 cm³/mol. The molecule has 0 spiro atoms. The lowest BCUT2D eigenvalue weighted by atomic mass is 10.0. The highest BCUT2D eigenvalue weighted by Gasteiger charge is 2.22. The summed E-state index contributed by atoms with van der Waals surface area (Å²) in [6.45, 7) is 0.950. The van der Waals surface area contributed by atoms with Crippen molar-refractivity contribution in [2.24, 2.45) is 0 Å². The summed E-state index contributed by atoms with van der Waals surface area (Å²) in [5, 5.41) is 2.84. The van der Waals surface area contributed by atoms with Crippen LogP contribution in [0, 0.1) is 0 Å². The van der Waals surface area contributed by atoms with Crippen LogP contribution < -0.4 is 14.8 Å². The number of carbonyl (C=O) groups excluding carboxylic acids is 1. The van der Waals surface area contributed by atoms with E-state index in [1.165, 1.54) is 0 Å². The molecule has 24 heavy (non-hydrogen) atoms. The average Bonchev–Trinajstić information content (AvgIpc) is 3.13. The number of imidazole rings is 1. The summed E-state index contributed by atoms with van der Waals surface area (Å²) < 4.78 is 17.6. The number of aromatic nitrogens is 2. The molecule has 0 aliphatic rings. The van der Waals surface area contributed by atoms with Crippen molar-refractivity contribution in [3.8, 4) is 11.5 Å². The molecule has 0 aliphatic carbocycles. The molecule has 0 saturated heterocycles. The molecule has 0 bridgehead atoms. The maximum absolute atomic E-state index is 12.3. The first-order valence-corrected chi connectivity index (χ1v) is 7.64. The van der Waals surface area contributed by atoms with Gasteiger partial charge in [0, 0.05) is 31.6 Å². The molecular weight excluding hydrogens is 310 g/mol. The van der Waals surface area contributed by atoms with Crippen molar-refractivity contribution in [3.05, 3.63) is 42.5 Å². The molecule has 7 heteroatoms. The fourth-order valence-corrected chi connectivity index (χ4v) is 2.47. The van der Waals surface area contributed by atoms with Crippen molar-refractivity contribution in [1.29, 1.82) is 0 Å². The molecule has 1 atom stereocenters. The first kappa shape index (κ1) is 17.8. The Balaban J connectivity index is 2.28. The number of amides is 1. The number of hydrogen-bond acceptors (Lipinski definition) is 5. The van der Waals surface area contributed by atoms with Gasteiger partial charge in [-0.05, 0) is 18.2 Å². The molecule has 0 unspecified atom stereocenters. The molecule has 1 aromatic heterocycles. The second-order valence-corrected chi connectivity index (χ2v) is 5.18. The van der Waals surface area contributed by atoms with Crippen LogP contribution in [0.25, 0.3) is 0 Å². The Morgan fingerprint density at radius 2 is 2.12 bits per heavy atom. The average molecular weight is 333 g/mol. The van der Waals surface area contributed by atoms with E-state index in [4.69, 9.17) is 14.2 Å². The minimum absolute atomic E-state index is 0.0735. The smallest absolute Gasteiger partial charge is 0.222 e. The van der Waals surface area contributed by atoms with Gasteiger partial charge in [0.25, 0.3) is 0 Å². The third-order valence-corrected chi connectivity index (χ3v) is 3.69. The molecule has 1 N–H and O–H groups in total. The Morgan fingerprint density at radius 3 is 2.75 bits per heavy atom. The second-order valence-electron chi connectivity index (χ2n) is 5.18. The van der Waals surface area contributed by atoms with E-state index in [0.717, 1.165) is 5.56 Å².